The summed E-state index contributed by atoms with van der Waals surface area (Å²) in [5, 5.41) is 20.2. The third kappa shape index (κ3) is 2.85. The van der Waals surface area contributed by atoms with Crippen LogP contribution in [-0.2, 0) is 6.54 Å². The number of fused-ring (bicyclic) bond motifs is 1. The lowest BCUT2D eigenvalue weighted by Crippen LogP contribution is -2.02. The molecule has 4 aromatic rings. The van der Waals surface area contributed by atoms with E-state index in [2.05, 4.69) is 10.3 Å². The van der Waals surface area contributed by atoms with Gasteiger partial charge in [-0.3, -0.25) is 0 Å². The van der Waals surface area contributed by atoms with Gasteiger partial charge >= 0.3 is 0 Å². The average molecular weight is 368 g/mol. The fourth-order valence-corrected chi connectivity index (χ4v) is 3.29. The van der Waals surface area contributed by atoms with Crippen molar-refractivity contribution in [1.29, 1.82) is 0 Å². The molecule has 0 saturated carbocycles. The highest BCUT2D eigenvalue weighted by Crippen LogP contribution is 2.32. The molecule has 7 heteroatoms. The number of halogens is 2. The molecular weight excluding hydrogens is 350 g/mol. The van der Waals surface area contributed by atoms with Crippen LogP contribution in [0.25, 0.3) is 27.7 Å². The summed E-state index contributed by atoms with van der Waals surface area (Å²) in [5.74, 6) is -1.10. The molecule has 0 saturated heterocycles. The van der Waals surface area contributed by atoms with E-state index in [1.807, 2.05) is 35.9 Å². The van der Waals surface area contributed by atoms with Crippen molar-refractivity contribution in [3.05, 3.63) is 59.9 Å². The quantitative estimate of drug-likeness (QED) is 0.573. The molecule has 0 radical (unpaired) electrons. The second-order valence-electron chi connectivity index (χ2n) is 6.48. The zero-order chi connectivity index (χ0) is 19.1. The normalized spacial score (nSPS) is 11.4. The Morgan fingerprint density at radius 3 is 2.67 bits per heavy atom. The fraction of sp³-hybridized carbons (Fsp3) is 0.200. The van der Waals surface area contributed by atoms with E-state index in [9.17, 15) is 13.9 Å². The van der Waals surface area contributed by atoms with Crippen LogP contribution < -0.4 is 0 Å². The van der Waals surface area contributed by atoms with E-state index in [0.29, 0.717) is 11.4 Å². The molecule has 0 aliphatic heterocycles. The molecule has 138 valence electrons. The van der Waals surface area contributed by atoms with Crippen LogP contribution in [0, 0.1) is 18.6 Å². The van der Waals surface area contributed by atoms with Gasteiger partial charge in [0.25, 0.3) is 0 Å². The second-order valence-corrected chi connectivity index (χ2v) is 6.48. The molecule has 0 atom stereocenters. The van der Waals surface area contributed by atoms with Gasteiger partial charge in [-0.1, -0.05) is 18.2 Å². The van der Waals surface area contributed by atoms with Gasteiger partial charge in [0.1, 0.15) is 17.2 Å². The van der Waals surface area contributed by atoms with E-state index in [1.165, 1.54) is 16.8 Å². The van der Waals surface area contributed by atoms with Crippen LogP contribution in [-0.4, -0.2) is 24.7 Å². The Kier molecular flexibility index (Phi) is 4.14. The Labute approximate surface area is 154 Å². The predicted octanol–water partition coefficient (Wildman–Crippen LogP) is 4.59. The van der Waals surface area contributed by atoms with Crippen LogP contribution in [0.1, 0.15) is 19.0 Å². The summed E-state index contributed by atoms with van der Waals surface area (Å²) in [5.41, 5.74) is 2.18. The first-order valence-corrected chi connectivity index (χ1v) is 8.69. The zero-order valence-electron chi connectivity index (χ0n) is 14.9. The molecule has 0 spiro atoms. The molecule has 4 rings (SSSR count). The van der Waals surface area contributed by atoms with Gasteiger partial charge < -0.3 is 9.67 Å². The summed E-state index contributed by atoms with van der Waals surface area (Å²) in [6.45, 7) is 4.56. The molecule has 0 aliphatic rings. The van der Waals surface area contributed by atoms with Gasteiger partial charge in [0.15, 0.2) is 11.7 Å². The van der Waals surface area contributed by atoms with E-state index in [0.717, 1.165) is 35.4 Å². The highest BCUT2D eigenvalue weighted by atomic mass is 19.1. The summed E-state index contributed by atoms with van der Waals surface area (Å²) >= 11 is 0. The first-order valence-electron chi connectivity index (χ1n) is 8.69. The topological polar surface area (TPSA) is 55.9 Å². The van der Waals surface area contributed by atoms with Crippen molar-refractivity contribution >= 4 is 10.8 Å². The van der Waals surface area contributed by atoms with Crippen molar-refractivity contribution in [1.82, 2.24) is 19.6 Å². The van der Waals surface area contributed by atoms with E-state index >= 15 is 0 Å². The molecule has 2 aromatic carbocycles. The van der Waals surface area contributed by atoms with Gasteiger partial charge in [0.2, 0.25) is 0 Å². The Hall–Kier alpha value is -3.22. The van der Waals surface area contributed by atoms with E-state index in [4.69, 9.17) is 0 Å². The van der Waals surface area contributed by atoms with Gasteiger partial charge in [-0.15, -0.1) is 5.10 Å². The SMILES string of the molecule is CCCn1cc2cc(-c3nnn(-c4ccc(F)cc4F)c3C)ccc2c1O. The minimum atomic E-state index is -0.702. The molecule has 0 fully saturated rings. The van der Waals surface area contributed by atoms with Crippen molar-refractivity contribution in [3.8, 4) is 22.8 Å². The first-order chi connectivity index (χ1) is 13.0. The Balaban J connectivity index is 1.79. The van der Waals surface area contributed by atoms with Crippen LogP contribution in [0.15, 0.2) is 42.6 Å². The first kappa shape index (κ1) is 17.2. The molecule has 0 unspecified atom stereocenters. The summed E-state index contributed by atoms with van der Waals surface area (Å²) in [6, 6.07) is 8.95. The molecule has 5 nitrogen and oxygen atoms in total. The number of aryl methyl sites for hydroxylation is 1. The van der Waals surface area contributed by atoms with Gasteiger partial charge in [-0.05, 0) is 37.6 Å². The monoisotopic (exact) mass is 368 g/mol. The molecule has 0 amide bonds. The maximum absolute atomic E-state index is 14.1. The van der Waals surface area contributed by atoms with Crippen LogP contribution in [0.2, 0.25) is 0 Å². The Morgan fingerprint density at radius 2 is 1.93 bits per heavy atom. The number of benzene rings is 2. The predicted molar refractivity (Wildman–Crippen MR) is 98.9 cm³/mol. The zero-order valence-corrected chi connectivity index (χ0v) is 14.9. The van der Waals surface area contributed by atoms with Gasteiger partial charge in [0.05, 0.1) is 5.69 Å². The molecule has 27 heavy (non-hydrogen) atoms. The highest BCUT2D eigenvalue weighted by molar-refractivity contribution is 5.91. The third-order valence-electron chi connectivity index (χ3n) is 4.63. The van der Waals surface area contributed by atoms with E-state index in [1.54, 1.807) is 6.92 Å². The van der Waals surface area contributed by atoms with Crippen molar-refractivity contribution in [2.75, 3.05) is 0 Å². The summed E-state index contributed by atoms with van der Waals surface area (Å²) in [7, 11) is 0. The maximum Gasteiger partial charge on any atom is 0.199 e. The summed E-state index contributed by atoms with van der Waals surface area (Å²) in [6.07, 6.45) is 2.81. The lowest BCUT2D eigenvalue weighted by molar-refractivity contribution is 0.421. The fourth-order valence-electron chi connectivity index (χ4n) is 3.29. The van der Waals surface area contributed by atoms with Gasteiger partial charge in [-0.2, -0.15) is 0 Å². The van der Waals surface area contributed by atoms with Gasteiger partial charge in [0, 0.05) is 35.1 Å². The molecular formula is C20H18F2N4O. The third-order valence-corrected chi connectivity index (χ3v) is 4.63. The van der Waals surface area contributed by atoms with E-state index in [-0.39, 0.29) is 11.6 Å². The number of aromatic nitrogens is 4. The van der Waals surface area contributed by atoms with Crippen LogP contribution in [0.5, 0.6) is 5.88 Å². The number of nitrogens with zero attached hydrogens (tertiary/aromatic N) is 4. The molecule has 2 aromatic heterocycles. The largest absolute Gasteiger partial charge is 0.494 e. The maximum atomic E-state index is 14.1. The van der Waals surface area contributed by atoms with Crippen molar-refractivity contribution in [2.45, 2.75) is 26.8 Å². The average Bonchev–Trinajstić information content (AvgIpc) is 3.16. The van der Waals surface area contributed by atoms with Crippen LogP contribution in [0.3, 0.4) is 0 Å². The van der Waals surface area contributed by atoms with Crippen molar-refractivity contribution in [3.63, 3.8) is 0 Å². The minimum Gasteiger partial charge on any atom is -0.494 e. The molecule has 0 bridgehead atoms. The summed E-state index contributed by atoms with van der Waals surface area (Å²) < 4.78 is 30.4. The highest BCUT2D eigenvalue weighted by Gasteiger charge is 2.16. The number of hydrogen-bond donors (Lipinski definition) is 1. The molecule has 2 heterocycles. The number of aromatic hydroxyl groups is 1. The Morgan fingerprint density at radius 1 is 1.11 bits per heavy atom. The Bertz CT molecular complexity index is 1150. The van der Waals surface area contributed by atoms with Crippen LogP contribution >= 0.6 is 0 Å². The smallest absolute Gasteiger partial charge is 0.199 e. The molecule has 0 aliphatic carbocycles. The van der Waals surface area contributed by atoms with Crippen molar-refractivity contribution in [2.24, 2.45) is 0 Å². The molecule has 1 N–H and O–H groups in total. The lowest BCUT2D eigenvalue weighted by atomic mass is 10.1. The minimum absolute atomic E-state index is 0.139. The van der Waals surface area contributed by atoms with Crippen LogP contribution in [0.4, 0.5) is 8.78 Å². The van der Waals surface area contributed by atoms with Gasteiger partial charge in [-0.25, -0.2) is 13.5 Å². The number of rotatable bonds is 4. The second kappa shape index (κ2) is 6.50. The lowest BCUT2D eigenvalue weighted by Gasteiger charge is -2.05. The number of hydrogen-bond acceptors (Lipinski definition) is 3. The summed E-state index contributed by atoms with van der Waals surface area (Å²) in [4.78, 5) is 0. The van der Waals surface area contributed by atoms with Crippen molar-refractivity contribution < 1.29 is 13.9 Å². The standard InChI is InChI=1S/C20H18F2N4O/c1-3-8-25-11-14-9-13(4-6-16(14)20(25)27)19-12(2)26(24-23-19)18-7-5-15(21)10-17(18)22/h4-7,9-11,27H,3,8H2,1-2H3. The van der Waals surface area contributed by atoms with E-state index < -0.39 is 11.6 Å².